The molecule has 1 aromatic carbocycles. The highest BCUT2D eigenvalue weighted by Crippen LogP contribution is 2.05. The molecular formula is C25H43NO2S. The number of nitrogens with one attached hydrogen (secondary N) is 1. The highest BCUT2D eigenvalue weighted by atomic mass is 32.1. The van der Waals surface area contributed by atoms with Crippen LogP contribution in [0.2, 0.25) is 0 Å². The van der Waals surface area contributed by atoms with Crippen LogP contribution in [0.5, 0.6) is 0 Å². The minimum Gasteiger partial charge on any atom is -0.490 e. The Bertz CT molecular complexity index is 527. The average molecular weight is 422 g/mol. The first-order chi connectivity index (χ1) is 14.1. The molecule has 0 amide bonds. The van der Waals surface area contributed by atoms with Crippen molar-refractivity contribution in [3.63, 3.8) is 0 Å². The molecular weight excluding hydrogens is 378 g/mol. The lowest BCUT2D eigenvalue weighted by molar-refractivity contribution is 0.0813. The van der Waals surface area contributed by atoms with Gasteiger partial charge in [-0.05, 0) is 56.6 Å². The van der Waals surface area contributed by atoms with Gasteiger partial charge < -0.3 is 14.8 Å². The fraction of sp³-hybridized carbons (Fsp3) is 0.480. The van der Waals surface area contributed by atoms with Crippen molar-refractivity contribution in [1.82, 2.24) is 5.32 Å². The fourth-order valence-corrected chi connectivity index (χ4v) is 2.07. The molecule has 1 rings (SSSR count). The van der Waals surface area contributed by atoms with Crippen LogP contribution < -0.4 is 5.32 Å². The summed E-state index contributed by atoms with van der Waals surface area (Å²) in [6.45, 7) is 22.1. The molecule has 0 saturated heterocycles. The molecule has 0 bridgehead atoms. The number of benzene rings is 1. The third-order valence-electron chi connectivity index (χ3n) is 3.18. The van der Waals surface area contributed by atoms with E-state index in [0.29, 0.717) is 11.8 Å². The minimum absolute atomic E-state index is 0.0633. The van der Waals surface area contributed by atoms with E-state index in [2.05, 4.69) is 30.6 Å². The minimum atomic E-state index is -0.0633. The summed E-state index contributed by atoms with van der Waals surface area (Å²) in [5.74, 6) is 0.755. The van der Waals surface area contributed by atoms with Crippen LogP contribution in [-0.2, 0) is 15.9 Å². The van der Waals surface area contributed by atoms with E-state index in [1.165, 1.54) is 5.56 Å². The lowest BCUT2D eigenvalue weighted by atomic mass is 10.1. The predicted molar refractivity (Wildman–Crippen MR) is 134 cm³/mol. The van der Waals surface area contributed by atoms with Gasteiger partial charge in [-0.15, -0.1) is 6.58 Å². The van der Waals surface area contributed by atoms with Crippen molar-refractivity contribution in [2.75, 3.05) is 13.2 Å². The van der Waals surface area contributed by atoms with Crippen LogP contribution >= 0.6 is 12.2 Å². The molecule has 1 unspecified atom stereocenters. The Morgan fingerprint density at radius 2 is 1.66 bits per heavy atom. The molecule has 166 valence electrons. The molecule has 0 heterocycles. The van der Waals surface area contributed by atoms with Gasteiger partial charge >= 0.3 is 0 Å². The first-order valence-electron chi connectivity index (χ1n) is 10.6. The number of hydrogen-bond acceptors (Lipinski definition) is 3. The van der Waals surface area contributed by atoms with Crippen molar-refractivity contribution in [2.45, 2.75) is 67.4 Å². The van der Waals surface area contributed by atoms with Gasteiger partial charge in [-0.1, -0.05) is 77.6 Å². The Kier molecular flexibility index (Phi) is 28.3. The van der Waals surface area contributed by atoms with Crippen LogP contribution in [-0.4, -0.2) is 24.4 Å². The van der Waals surface area contributed by atoms with Gasteiger partial charge in [-0.2, -0.15) is 0 Å². The van der Waals surface area contributed by atoms with Crippen molar-refractivity contribution < 1.29 is 9.47 Å². The lowest BCUT2D eigenvalue weighted by Gasteiger charge is -2.19. The number of ether oxygens (including phenoxy) is 2. The summed E-state index contributed by atoms with van der Waals surface area (Å²) in [5.41, 5.74) is 1.27. The second kappa shape index (κ2) is 25.9. The number of thiocarbonyl (C=S) groups is 1. The number of hydrogen-bond donors (Lipinski definition) is 1. The van der Waals surface area contributed by atoms with Gasteiger partial charge in [0.2, 0.25) is 0 Å². The van der Waals surface area contributed by atoms with Crippen molar-refractivity contribution in [1.29, 1.82) is 0 Å². The van der Waals surface area contributed by atoms with E-state index in [-0.39, 0.29) is 6.10 Å². The maximum atomic E-state index is 5.71. The van der Waals surface area contributed by atoms with E-state index >= 15 is 0 Å². The van der Waals surface area contributed by atoms with Gasteiger partial charge in [-0.3, -0.25) is 0 Å². The maximum absolute atomic E-state index is 5.71. The van der Waals surface area contributed by atoms with Gasteiger partial charge in [0.05, 0.1) is 0 Å². The van der Waals surface area contributed by atoms with Crippen LogP contribution in [0.1, 0.15) is 60.5 Å². The zero-order chi connectivity index (χ0) is 22.9. The maximum Gasteiger partial charge on any atom is 0.257 e. The monoisotopic (exact) mass is 421 g/mol. The quantitative estimate of drug-likeness (QED) is 0.197. The third kappa shape index (κ3) is 20.5. The molecule has 0 aliphatic rings. The zero-order valence-electron chi connectivity index (χ0n) is 19.7. The van der Waals surface area contributed by atoms with Gasteiger partial charge in [0.1, 0.15) is 18.5 Å². The van der Waals surface area contributed by atoms with E-state index in [4.69, 9.17) is 21.7 Å². The molecule has 0 fully saturated rings. The van der Waals surface area contributed by atoms with Crippen molar-refractivity contribution >= 4 is 17.4 Å². The topological polar surface area (TPSA) is 30.5 Å². The third-order valence-corrected chi connectivity index (χ3v) is 3.42. The van der Waals surface area contributed by atoms with E-state index in [9.17, 15) is 0 Å². The van der Waals surface area contributed by atoms with E-state index < -0.39 is 0 Å². The molecule has 29 heavy (non-hydrogen) atoms. The zero-order valence-corrected chi connectivity index (χ0v) is 20.5. The molecule has 1 aromatic rings. The lowest BCUT2D eigenvalue weighted by Crippen LogP contribution is -2.32. The van der Waals surface area contributed by atoms with Crippen LogP contribution in [0.4, 0.5) is 0 Å². The van der Waals surface area contributed by atoms with Crippen LogP contribution in [0.25, 0.3) is 0 Å². The molecule has 0 radical (unpaired) electrons. The molecule has 0 aliphatic carbocycles. The summed E-state index contributed by atoms with van der Waals surface area (Å²) in [7, 11) is 0. The van der Waals surface area contributed by atoms with Crippen LogP contribution in [0, 0.1) is 0 Å². The number of rotatable bonds is 9. The summed E-state index contributed by atoms with van der Waals surface area (Å²) < 4.78 is 11.3. The van der Waals surface area contributed by atoms with Crippen molar-refractivity contribution in [2.24, 2.45) is 0 Å². The van der Waals surface area contributed by atoms with Gasteiger partial charge in [-0.25, -0.2) is 0 Å². The molecule has 0 spiro atoms. The Balaban J connectivity index is -0.000000856. The second-order valence-electron chi connectivity index (χ2n) is 5.21. The highest BCUT2D eigenvalue weighted by Gasteiger charge is 2.11. The highest BCUT2D eigenvalue weighted by molar-refractivity contribution is 7.80. The Morgan fingerprint density at radius 1 is 1.10 bits per heavy atom. The molecule has 1 atom stereocenters. The summed E-state index contributed by atoms with van der Waals surface area (Å²) in [4.78, 5) is 0. The first kappa shape index (κ1) is 31.6. The van der Waals surface area contributed by atoms with Crippen molar-refractivity contribution in [3.8, 4) is 0 Å². The smallest absolute Gasteiger partial charge is 0.257 e. The number of allylic oxidation sites excluding steroid dienone is 3. The van der Waals surface area contributed by atoms with Crippen LogP contribution in [0.15, 0.2) is 67.5 Å². The first-order valence-corrected chi connectivity index (χ1v) is 11.0. The summed E-state index contributed by atoms with van der Waals surface area (Å²) in [5, 5.41) is 3.55. The fourth-order valence-electron chi connectivity index (χ4n) is 1.83. The normalized spacial score (nSPS) is 10.2. The molecule has 0 saturated carbocycles. The average Bonchev–Trinajstić information content (AvgIpc) is 2.77. The molecule has 1 N–H and O–H groups in total. The van der Waals surface area contributed by atoms with Crippen molar-refractivity contribution in [3.05, 3.63) is 73.0 Å². The SMILES string of the molecule is C=C/C(=C\C)OCC(CC)OC(=S)NCCc1ccccc1.C=CC.CC.CC. The van der Waals surface area contributed by atoms with Gasteiger partial charge in [0, 0.05) is 6.54 Å². The summed E-state index contributed by atoms with van der Waals surface area (Å²) >= 11 is 5.22. The Labute approximate surface area is 185 Å². The van der Waals surface area contributed by atoms with Crippen LogP contribution in [0.3, 0.4) is 0 Å². The summed E-state index contributed by atoms with van der Waals surface area (Å²) in [6, 6.07) is 10.3. The molecule has 0 aliphatic heterocycles. The standard InChI is InChI=1S/C18H25NO2S.C3H6.2C2H6/c1-4-16(5-2)20-14-17(6-3)21-18(22)19-13-12-15-10-8-7-9-11-15;1-3-2;2*1-2/h4-5,7-11,17H,1,6,12-14H2,2-3H3,(H,19,22);3H,1H2,2H3;2*1-2H3/b16-5+;;;. The largest absolute Gasteiger partial charge is 0.490 e. The predicted octanol–water partition coefficient (Wildman–Crippen LogP) is 7.25. The van der Waals surface area contributed by atoms with Gasteiger partial charge in [0.15, 0.2) is 0 Å². The Hall–Kier alpha value is -2.07. The molecule has 3 nitrogen and oxygen atoms in total. The Morgan fingerprint density at radius 3 is 2.10 bits per heavy atom. The summed E-state index contributed by atoms with van der Waals surface area (Å²) in [6.07, 6.45) is 6.98. The molecule has 0 aromatic heterocycles. The second-order valence-corrected chi connectivity index (χ2v) is 5.58. The van der Waals surface area contributed by atoms with E-state index in [1.807, 2.05) is 72.7 Å². The van der Waals surface area contributed by atoms with E-state index in [1.54, 1.807) is 12.2 Å². The van der Waals surface area contributed by atoms with E-state index in [0.717, 1.165) is 25.1 Å². The molecule has 4 heteroatoms. The van der Waals surface area contributed by atoms with Gasteiger partial charge in [0.25, 0.3) is 5.17 Å².